The molecule has 162 valence electrons. The van der Waals surface area contributed by atoms with E-state index in [1.54, 1.807) is 30.3 Å². The number of nitrogens with one attached hydrogen (secondary N) is 2. The highest BCUT2D eigenvalue weighted by Crippen LogP contribution is 2.25. The fourth-order valence-electron chi connectivity index (χ4n) is 2.29. The zero-order chi connectivity index (χ0) is 22.5. The number of para-hydroxylation sites is 1. The number of hydrogen-bond donors (Lipinski definition) is 3. The number of ether oxygens (including phenoxy) is 1. The Kier molecular flexibility index (Phi) is 8.22. The maximum atomic E-state index is 12.6. The van der Waals surface area contributed by atoms with Crippen LogP contribution in [0.25, 0.3) is 0 Å². The first-order valence-electron chi connectivity index (χ1n) is 8.73. The van der Waals surface area contributed by atoms with Crippen LogP contribution in [0.4, 0.5) is 5.69 Å². The number of benzene rings is 2. The number of hydrogen-bond acceptors (Lipinski definition) is 6. The average molecular weight is 475 g/mol. The third-order valence-electron chi connectivity index (χ3n) is 3.92. The molecular weight excluding hydrogens is 455 g/mol. The molecule has 0 aromatic heterocycles. The number of carbonyl (C=O) groups excluding carboxylic acids is 2. The summed E-state index contributed by atoms with van der Waals surface area (Å²) < 4.78 is 32.2. The topological polar surface area (TPSA) is 122 Å². The smallest absolute Gasteiger partial charge is 0.327 e. The van der Waals surface area contributed by atoms with Gasteiger partial charge in [-0.15, -0.1) is 0 Å². The molecule has 8 nitrogen and oxygen atoms in total. The van der Waals surface area contributed by atoms with Gasteiger partial charge in [0.05, 0.1) is 21.0 Å². The summed E-state index contributed by atoms with van der Waals surface area (Å²) in [6.45, 7) is 2.53. The number of esters is 1. The molecule has 0 radical (unpaired) electrons. The molecule has 1 amide bonds. The summed E-state index contributed by atoms with van der Waals surface area (Å²) in [4.78, 5) is 24.4. The van der Waals surface area contributed by atoms with Crippen LogP contribution in [0.15, 0.2) is 53.4 Å². The van der Waals surface area contributed by atoms with Crippen LogP contribution < -0.4 is 10.0 Å². The Bertz CT molecular complexity index is 1010. The fraction of sp³-hybridized carbons (Fsp3) is 0.263. The monoisotopic (exact) mass is 474 g/mol. The summed E-state index contributed by atoms with van der Waals surface area (Å²) in [5, 5.41) is 12.6. The number of rotatable bonds is 8. The Hall–Kier alpha value is -2.17. The van der Waals surface area contributed by atoms with Crippen molar-refractivity contribution in [2.75, 3.05) is 5.32 Å². The molecule has 0 heterocycles. The van der Waals surface area contributed by atoms with Crippen molar-refractivity contribution >= 4 is 50.8 Å². The maximum Gasteiger partial charge on any atom is 0.327 e. The molecule has 3 unspecified atom stereocenters. The van der Waals surface area contributed by atoms with E-state index in [9.17, 15) is 23.1 Å². The van der Waals surface area contributed by atoms with E-state index in [0.29, 0.717) is 5.69 Å². The third-order valence-corrected chi connectivity index (χ3v) is 6.10. The number of aliphatic hydroxyl groups excluding tert-OH is 1. The molecule has 0 bridgehead atoms. The SMILES string of the molecule is CC(OC(=O)C(NS(=O)(=O)c1ccc(Cl)c(Cl)c1)C(C)O)C(=O)Nc1ccccc1. The van der Waals surface area contributed by atoms with Gasteiger partial charge >= 0.3 is 5.97 Å². The second-order valence-corrected chi connectivity index (χ2v) is 8.88. The van der Waals surface area contributed by atoms with Gasteiger partial charge in [-0.1, -0.05) is 41.4 Å². The second-order valence-electron chi connectivity index (χ2n) is 6.35. The van der Waals surface area contributed by atoms with Crippen molar-refractivity contribution < 1.29 is 27.9 Å². The van der Waals surface area contributed by atoms with Gasteiger partial charge in [-0.3, -0.25) is 9.59 Å². The number of sulfonamides is 1. The zero-order valence-electron chi connectivity index (χ0n) is 16.0. The van der Waals surface area contributed by atoms with Crippen LogP contribution in [0.2, 0.25) is 10.0 Å². The van der Waals surface area contributed by atoms with Crippen molar-refractivity contribution in [3.8, 4) is 0 Å². The Morgan fingerprint density at radius 2 is 1.67 bits per heavy atom. The minimum atomic E-state index is -4.25. The zero-order valence-corrected chi connectivity index (χ0v) is 18.3. The van der Waals surface area contributed by atoms with Gasteiger partial charge in [-0.05, 0) is 44.2 Å². The highest BCUT2D eigenvalue weighted by Gasteiger charge is 2.33. The van der Waals surface area contributed by atoms with Crippen LogP contribution in [0.1, 0.15) is 13.8 Å². The average Bonchev–Trinajstić information content (AvgIpc) is 2.68. The molecule has 0 aliphatic heterocycles. The molecule has 2 aromatic rings. The van der Waals surface area contributed by atoms with Crippen LogP contribution in [0.3, 0.4) is 0 Å². The van der Waals surface area contributed by atoms with Gasteiger partial charge in [0.1, 0.15) is 6.04 Å². The molecule has 0 spiro atoms. The van der Waals surface area contributed by atoms with Crippen molar-refractivity contribution in [3.63, 3.8) is 0 Å². The van der Waals surface area contributed by atoms with Gasteiger partial charge in [0.25, 0.3) is 5.91 Å². The molecule has 0 aliphatic rings. The van der Waals surface area contributed by atoms with E-state index in [1.165, 1.54) is 26.0 Å². The van der Waals surface area contributed by atoms with E-state index < -0.39 is 40.1 Å². The van der Waals surface area contributed by atoms with Gasteiger partial charge in [0.2, 0.25) is 10.0 Å². The quantitative estimate of drug-likeness (QED) is 0.505. The summed E-state index contributed by atoms with van der Waals surface area (Å²) in [6.07, 6.45) is -2.69. The van der Waals surface area contributed by atoms with Crippen molar-refractivity contribution in [1.29, 1.82) is 0 Å². The Morgan fingerprint density at radius 3 is 2.23 bits per heavy atom. The Labute approximate surface area is 184 Å². The second kappa shape index (κ2) is 10.2. The van der Waals surface area contributed by atoms with E-state index in [4.69, 9.17) is 27.9 Å². The Balaban J connectivity index is 2.10. The van der Waals surface area contributed by atoms with Gasteiger partial charge in [-0.25, -0.2) is 8.42 Å². The van der Waals surface area contributed by atoms with Gasteiger partial charge in [-0.2, -0.15) is 4.72 Å². The highest BCUT2D eigenvalue weighted by molar-refractivity contribution is 7.89. The van der Waals surface area contributed by atoms with Gasteiger partial charge in [0, 0.05) is 5.69 Å². The van der Waals surface area contributed by atoms with Crippen molar-refractivity contribution in [3.05, 3.63) is 58.6 Å². The number of amides is 1. The molecule has 30 heavy (non-hydrogen) atoms. The third kappa shape index (κ3) is 6.41. The lowest BCUT2D eigenvalue weighted by Gasteiger charge is -2.22. The van der Waals surface area contributed by atoms with E-state index in [2.05, 4.69) is 10.0 Å². The molecule has 0 saturated carbocycles. The van der Waals surface area contributed by atoms with E-state index >= 15 is 0 Å². The predicted molar refractivity (Wildman–Crippen MR) is 113 cm³/mol. The standard InChI is InChI=1S/C19H20Cl2N2O6S/c1-11(24)17(23-30(27,28)14-8-9-15(20)16(21)10-14)19(26)29-12(2)18(25)22-13-6-4-3-5-7-13/h3-12,17,23-24H,1-2H3,(H,22,25). The molecular formula is C19H20Cl2N2O6S. The van der Waals surface area contributed by atoms with Crippen LogP contribution in [0.5, 0.6) is 0 Å². The lowest BCUT2D eigenvalue weighted by molar-refractivity contribution is -0.157. The van der Waals surface area contributed by atoms with E-state index in [-0.39, 0.29) is 14.9 Å². The first-order valence-corrected chi connectivity index (χ1v) is 11.0. The minimum Gasteiger partial charge on any atom is -0.451 e. The summed E-state index contributed by atoms with van der Waals surface area (Å²) in [5.41, 5.74) is 0.498. The molecule has 11 heteroatoms. The minimum absolute atomic E-state index is 0.00178. The lowest BCUT2D eigenvalue weighted by Crippen LogP contribution is -2.49. The summed E-state index contributed by atoms with van der Waals surface area (Å²) >= 11 is 11.6. The number of carbonyl (C=O) groups is 2. The van der Waals surface area contributed by atoms with Crippen molar-refractivity contribution in [2.24, 2.45) is 0 Å². The number of halogens is 2. The summed E-state index contributed by atoms with van der Waals surface area (Å²) in [5.74, 6) is -1.74. The largest absolute Gasteiger partial charge is 0.451 e. The molecule has 3 N–H and O–H groups in total. The molecule has 0 saturated heterocycles. The van der Waals surface area contributed by atoms with Gasteiger partial charge < -0.3 is 15.2 Å². The maximum absolute atomic E-state index is 12.6. The molecule has 0 fully saturated rings. The molecule has 0 aliphatic carbocycles. The summed E-state index contributed by atoms with van der Waals surface area (Å²) in [6, 6.07) is 10.4. The first-order chi connectivity index (χ1) is 14.0. The van der Waals surface area contributed by atoms with Crippen LogP contribution in [-0.4, -0.2) is 43.7 Å². The molecule has 2 aromatic carbocycles. The van der Waals surface area contributed by atoms with Crippen LogP contribution >= 0.6 is 23.2 Å². The number of aliphatic hydroxyl groups is 1. The van der Waals surface area contributed by atoms with Crippen LogP contribution in [-0.2, 0) is 24.3 Å². The van der Waals surface area contributed by atoms with Crippen LogP contribution in [0, 0.1) is 0 Å². The van der Waals surface area contributed by atoms with E-state index in [1.807, 2.05) is 0 Å². The van der Waals surface area contributed by atoms with E-state index in [0.717, 1.165) is 6.07 Å². The first kappa shape index (κ1) is 24.1. The normalized spacial score (nSPS) is 14.4. The summed E-state index contributed by atoms with van der Waals surface area (Å²) in [7, 11) is -4.25. The predicted octanol–water partition coefficient (Wildman–Crippen LogP) is 2.59. The lowest BCUT2D eigenvalue weighted by atomic mass is 10.2. The fourth-order valence-corrected chi connectivity index (χ4v) is 3.94. The highest BCUT2D eigenvalue weighted by atomic mass is 35.5. The van der Waals surface area contributed by atoms with Gasteiger partial charge in [0.15, 0.2) is 6.10 Å². The van der Waals surface area contributed by atoms with Crippen molar-refractivity contribution in [1.82, 2.24) is 4.72 Å². The molecule has 2 rings (SSSR count). The number of anilines is 1. The van der Waals surface area contributed by atoms with Crippen molar-refractivity contribution in [2.45, 2.75) is 37.0 Å². The molecule has 3 atom stereocenters. The Morgan fingerprint density at radius 1 is 1.03 bits per heavy atom.